The van der Waals surface area contributed by atoms with E-state index in [1.165, 1.54) is 11.0 Å². The van der Waals surface area contributed by atoms with Gasteiger partial charge in [-0.15, -0.1) is 6.58 Å². The Balaban J connectivity index is 1.33. The Bertz CT molecular complexity index is 2150. The lowest BCUT2D eigenvalue weighted by molar-refractivity contribution is -0.161. The highest BCUT2D eigenvalue weighted by atomic mass is 32.2. The molecule has 3 fully saturated rings. The number of rotatable bonds is 14. The van der Waals surface area contributed by atoms with E-state index < -0.39 is 84.9 Å². The van der Waals surface area contributed by atoms with E-state index in [0.717, 1.165) is 5.56 Å². The van der Waals surface area contributed by atoms with Crippen LogP contribution in [0.15, 0.2) is 47.5 Å². The van der Waals surface area contributed by atoms with Crippen molar-refractivity contribution in [2.24, 2.45) is 17.3 Å². The summed E-state index contributed by atoms with van der Waals surface area (Å²) in [4.78, 5) is 62.1. The van der Waals surface area contributed by atoms with Gasteiger partial charge >= 0.3 is 5.97 Å². The molecule has 0 unspecified atom stereocenters. The van der Waals surface area contributed by atoms with E-state index >= 15 is 0 Å². The third-order valence-corrected chi connectivity index (χ3v) is 12.9. The third-order valence-electron chi connectivity index (χ3n) is 10.7. The molecule has 6 rings (SSSR count). The molecule has 0 spiro atoms. The number of Topliss-reactive ketones (excluding diaryl/α,β-unsaturated/α-hetero) is 1. The summed E-state index contributed by atoms with van der Waals surface area (Å²) < 4.78 is 48.9. The number of aryl methyl sites for hydroxylation is 1. The molecule has 1 N–H and O–H groups in total. The second-order valence-corrected chi connectivity index (χ2v) is 19.6. The highest BCUT2D eigenvalue weighted by molar-refractivity contribution is 7.93. The smallest absolute Gasteiger partial charge is 0.307 e. The predicted octanol–water partition coefficient (Wildman–Crippen LogP) is 5.16. The maximum atomic E-state index is 14.7. The number of pyridine rings is 1. The average Bonchev–Trinajstić information content (AvgIpc) is 4.02. The van der Waals surface area contributed by atoms with Gasteiger partial charge in [0.2, 0.25) is 17.4 Å². The van der Waals surface area contributed by atoms with Gasteiger partial charge in [0.15, 0.2) is 21.4 Å². The molecule has 2 aromatic heterocycles. The molecular weight excluding hydrogens is 741 g/mol. The Morgan fingerprint density at radius 2 is 1.79 bits per heavy atom. The first-order valence-corrected chi connectivity index (χ1v) is 20.7. The van der Waals surface area contributed by atoms with Crippen molar-refractivity contribution in [1.82, 2.24) is 20.4 Å². The standard InChI is InChI=1S/C41H52N4O10S/c1-10-25-20-41(25,33(46)22-56(50,51)28-15-16-28)43-37(48)31-17-27(21-45(31)38(49)29(39(3,4)5)18-34(47)54-40(6,7)8)53-32-19-30(24-11-13-26(52-9)14-12-24)42-35-23(2)44-55-36(32)35/h10-14,19,25,27-29,31H,1,15-18,20-22H2,2-9H3,(H,43,48)/t25-,27-,29-,31+,41-/m1/s1. The van der Waals surface area contributed by atoms with Crippen molar-refractivity contribution in [2.75, 3.05) is 19.4 Å². The fourth-order valence-corrected chi connectivity index (χ4v) is 9.05. The molecule has 15 heteroatoms. The number of ether oxygens (including phenoxy) is 3. The van der Waals surface area contributed by atoms with Crippen LogP contribution < -0.4 is 14.8 Å². The monoisotopic (exact) mass is 792 g/mol. The number of hydrogen-bond donors (Lipinski definition) is 1. The van der Waals surface area contributed by atoms with Gasteiger partial charge in [0, 0.05) is 24.0 Å². The second-order valence-electron chi connectivity index (χ2n) is 17.3. The van der Waals surface area contributed by atoms with Crippen molar-refractivity contribution in [1.29, 1.82) is 0 Å². The van der Waals surface area contributed by atoms with Crippen LogP contribution in [0.5, 0.6) is 11.5 Å². The number of carbonyl (C=O) groups excluding carboxylic acids is 4. The van der Waals surface area contributed by atoms with E-state index in [2.05, 4.69) is 17.1 Å². The van der Waals surface area contributed by atoms with Gasteiger partial charge in [-0.05, 0) is 76.6 Å². The van der Waals surface area contributed by atoms with Crippen molar-refractivity contribution in [2.45, 2.75) is 109 Å². The average molecular weight is 793 g/mol. The molecule has 3 aliphatic rings. The molecule has 0 radical (unpaired) electrons. The van der Waals surface area contributed by atoms with E-state index in [9.17, 15) is 27.6 Å². The van der Waals surface area contributed by atoms with Gasteiger partial charge < -0.3 is 29.0 Å². The maximum Gasteiger partial charge on any atom is 0.307 e. The number of nitrogens with one attached hydrogen (secondary N) is 1. The van der Waals surface area contributed by atoms with Gasteiger partial charge in [-0.25, -0.2) is 13.4 Å². The summed E-state index contributed by atoms with van der Waals surface area (Å²) in [5, 5.41) is 6.44. The van der Waals surface area contributed by atoms with Crippen LogP contribution in [0.1, 0.15) is 79.3 Å². The lowest BCUT2D eigenvalue weighted by Crippen LogP contribution is -2.55. The molecule has 1 saturated heterocycles. The van der Waals surface area contributed by atoms with E-state index in [0.29, 0.717) is 41.2 Å². The summed E-state index contributed by atoms with van der Waals surface area (Å²) in [6, 6.07) is 7.90. The van der Waals surface area contributed by atoms with Crippen LogP contribution >= 0.6 is 0 Å². The number of nitrogens with zero attached hydrogens (tertiary/aromatic N) is 3. The number of aromatic nitrogens is 2. The molecule has 3 aromatic rings. The molecule has 1 aromatic carbocycles. The zero-order chi connectivity index (χ0) is 41.0. The molecule has 5 atom stereocenters. The molecule has 2 aliphatic carbocycles. The Labute approximate surface area is 327 Å². The number of hydrogen-bond acceptors (Lipinski definition) is 12. The topological polar surface area (TPSA) is 184 Å². The summed E-state index contributed by atoms with van der Waals surface area (Å²) >= 11 is 0. The normalized spacial score (nSPS) is 23.0. The number of sulfone groups is 1. The lowest BCUT2D eigenvalue weighted by atomic mass is 9.77. The molecule has 3 heterocycles. The Morgan fingerprint density at radius 3 is 2.36 bits per heavy atom. The number of esters is 1. The minimum atomic E-state index is -3.67. The number of amides is 2. The number of benzene rings is 1. The van der Waals surface area contributed by atoms with E-state index in [4.69, 9.17) is 23.7 Å². The van der Waals surface area contributed by atoms with Crippen LogP contribution in [0.25, 0.3) is 22.4 Å². The minimum absolute atomic E-state index is 0.0130. The van der Waals surface area contributed by atoms with Crippen molar-refractivity contribution in [3.63, 3.8) is 0 Å². The first-order chi connectivity index (χ1) is 26.2. The summed E-state index contributed by atoms with van der Waals surface area (Å²) in [5.74, 6) is -3.34. The quantitative estimate of drug-likeness (QED) is 0.167. The molecule has 56 heavy (non-hydrogen) atoms. The maximum absolute atomic E-state index is 14.7. The molecular formula is C41H52N4O10S. The molecule has 1 aliphatic heterocycles. The van der Waals surface area contributed by atoms with E-state index in [1.807, 2.05) is 45.0 Å². The number of fused-ring (bicyclic) bond motifs is 1. The largest absolute Gasteiger partial charge is 0.497 e. The van der Waals surface area contributed by atoms with Crippen LogP contribution in [0.2, 0.25) is 0 Å². The first-order valence-electron chi connectivity index (χ1n) is 19.0. The van der Waals surface area contributed by atoms with E-state index in [1.54, 1.807) is 40.9 Å². The Hall–Kier alpha value is -4.79. The summed E-state index contributed by atoms with van der Waals surface area (Å²) in [6.07, 6.45) is 1.78. The molecule has 0 bridgehead atoms. The lowest BCUT2D eigenvalue weighted by Gasteiger charge is -2.35. The number of ketones is 1. The third kappa shape index (κ3) is 8.62. The van der Waals surface area contributed by atoms with Crippen LogP contribution in [-0.4, -0.2) is 95.0 Å². The van der Waals surface area contributed by atoms with Crippen molar-refractivity contribution in [3.05, 3.63) is 48.7 Å². The SMILES string of the molecule is C=C[C@@H]1C[C@]1(NC(=O)[C@@H]1C[C@@H](Oc2cc(-c3ccc(OC)cc3)nc3c(C)noc23)CN1C(=O)[C@@H](CC(=O)OC(C)(C)C)C(C)(C)C)C(=O)CS(=O)(=O)C1CC1. The summed E-state index contributed by atoms with van der Waals surface area (Å²) in [7, 11) is -2.09. The fraction of sp³-hybridized carbons (Fsp3) is 0.561. The van der Waals surface area contributed by atoms with Gasteiger partial charge in [-0.3, -0.25) is 19.2 Å². The number of likely N-dealkylation sites (tertiary alicyclic amines) is 1. The molecule has 302 valence electrons. The van der Waals surface area contributed by atoms with Gasteiger partial charge in [-0.2, -0.15) is 0 Å². The first kappa shape index (κ1) is 40.9. The Kier molecular flexibility index (Phi) is 10.9. The van der Waals surface area contributed by atoms with Gasteiger partial charge in [0.05, 0.1) is 36.9 Å². The fourth-order valence-electron chi connectivity index (χ4n) is 7.33. The van der Waals surface area contributed by atoms with Crippen LogP contribution in [0.3, 0.4) is 0 Å². The number of carbonyl (C=O) groups is 4. The number of methoxy groups -OCH3 is 1. The molecule has 2 saturated carbocycles. The predicted molar refractivity (Wildman–Crippen MR) is 207 cm³/mol. The van der Waals surface area contributed by atoms with Crippen molar-refractivity contribution < 1.29 is 46.3 Å². The molecule has 2 amide bonds. The van der Waals surface area contributed by atoms with E-state index in [-0.39, 0.29) is 31.4 Å². The van der Waals surface area contributed by atoms with Crippen molar-refractivity contribution >= 4 is 44.5 Å². The highest BCUT2D eigenvalue weighted by Gasteiger charge is 2.61. The highest BCUT2D eigenvalue weighted by Crippen LogP contribution is 2.47. The van der Waals surface area contributed by atoms with Gasteiger partial charge in [-0.1, -0.05) is 32.0 Å². The zero-order valence-electron chi connectivity index (χ0n) is 33.3. The van der Waals surface area contributed by atoms with Crippen LogP contribution in [0.4, 0.5) is 0 Å². The zero-order valence-corrected chi connectivity index (χ0v) is 34.2. The van der Waals surface area contributed by atoms with Gasteiger partial charge in [0.25, 0.3) is 0 Å². The molecule has 14 nitrogen and oxygen atoms in total. The van der Waals surface area contributed by atoms with Crippen molar-refractivity contribution in [3.8, 4) is 22.8 Å². The second kappa shape index (κ2) is 14.9. The van der Waals surface area contributed by atoms with Gasteiger partial charge in [0.1, 0.15) is 46.0 Å². The summed E-state index contributed by atoms with van der Waals surface area (Å²) in [5.41, 5.74) is -0.329. The van der Waals surface area contributed by atoms with Crippen LogP contribution in [-0.2, 0) is 33.8 Å². The minimum Gasteiger partial charge on any atom is -0.497 e. The summed E-state index contributed by atoms with van der Waals surface area (Å²) in [6.45, 7) is 16.3. The Morgan fingerprint density at radius 1 is 1.11 bits per heavy atom. The van der Waals surface area contributed by atoms with Crippen LogP contribution in [0, 0.1) is 24.2 Å².